The predicted molar refractivity (Wildman–Crippen MR) is 89.9 cm³/mol. The number of piperidine rings is 1. The summed E-state index contributed by atoms with van der Waals surface area (Å²) in [5.41, 5.74) is 8.48. The standard InChI is InChI=1S/C17H26N2O.ClH/c1-3-14-4-6-15(7-5-14)13(2)12-17(20)19-10-8-16(18)9-11-19;/h4-7,13,16H,3,8-12,18H2,1-2H3;1H. The van der Waals surface area contributed by atoms with E-state index in [1.54, 1.807) is 0 Å². The number of benzene rings is 1. The van der Waals surface area contributed by atoms with Crippen LogP contribution in [0.2, 0.25) is 0 Å². The quantitative estimate of drug-likeness (QED) is 0.929. The van der Waals surface area contributed by atoms with E-state index in [0.717, 1.165) is 32.4 Å². The lowest BCUT2D eigenvalue weighted by atomic mass is 9.95. The Kier molecular flexibility index (Phi) is 7.20. The van der Waals surface area contributed by atoms with E-state index in [0.29, 0.717) is 6.42 Å². The van der Waals surface area contributed by atoms with E-state index < -0.39 is 0 Å². The van der Waals surface area contributed by atoms with Gasteiger partial charge in [-0.2, -0.15) is 0 Å². The Bertz CT molecular complexity index is 439. The monoisotopic (exact) mass is 310 g/mol. The molecule has 1 fully saturated rings. The van der Waals surface area contributed by atoms with Gasteiger partial charge in [-0.05, 0) is 36.3 Å². The minimum absolute atomic E-state index is 0. The molecule has 2 rings (SSSR count). The van der Waals surface area contributed by atoms with E-state index in [1.165, 1.54) is 11.1 Å². The number of amides is 1. The van der Waals surface area contributed by atoms with Crippen molar-refractivity contribution in [3.8, 4) is 0 Å². The summed E-state index contributed by atoms with van der Waals surface area (Å²) in [4.78, 5) is 14.3. The van der Waals surface area contributed by atoms with Crippen LogP contribution in [0.25, 0.3) is 0 Å². The third-order valence-electron chi connectivity index (χ3n) is 4.33. The van der Waals surface area contributed by atoms with Gasteiger partial charge >= 0.3 is 0 Å². The Labute approximate surface area is 134 Å². The van der Waals surface area contributed by atoms with Crippen molar-refractivity contribution in [1.29, 1.82) is 0 Å². The molecule has 0 bridgehead atoms. The first-order chi connectivity index (χ1) is 9.60. The fourth-order valence-electron chi connectivity index (χ4n) is 2.74. The van der Waals surface area contributed by atoms with Gasteiger partial charge in [0.05, 0.1) is 0 Å². The minimum atomic E-state index is 0. The molecule has 0 aliphatic carbocycles. The van der Waals surface area contributed by atoms with Crippen LogP contribution in [0, 0.1) is 0 Å². The molecule has 1 unspecified atom stereocenters. The van der Waals surface area contributed by atoms with Crippen LogP contribution in [-0.4, -0.2) is 29.9 Å². The van der Waals surface area contributed by atoms with Gasteiger partial charge in [0.2, 0.25) is 5.91 Å². The lowest BCUT2D eigenvalue weighted by Gasteiger charge is -2.31. The molecule has 1 aliphatic rings. The molecular formula is C17H27ClN2O. The van der Waals surface area contributed by atoms with Gasteiger partial charge in [-0.3, -0.25) is 4.79 Å². The molecule has 21 heavy (non-hydrogen) atoms. The van der Waals surface area contributed by atoms with Gasteiger partial charge in [-0.1, -0.05) is 38.1 Å². The van der Waals surface area contributed by atoms with E-state index in [1.807, 2.05) is 4.90 Å². The largest absolute Gasteiger partial charge is 0.343 e. The maximum Gasteiger partial charge on any atom is 0.223 e. The number of rotatable bonds is 4. The van der Waals surface area contributed by atoms with Crippen LogP contribution in [0.15, 0.2) is 24.3 Å². The summed E-state index contributed by atoms with van der Waals surface area (Å²) in [6.07, 6.45) is 3.53. The lowest BCUT2D eigenvalue weighted by molar-refractivity contribution is -0.132. The fraction of sp³-hybridized carbons (Fsp3) is 0.588. The van der Waals surface area contributed by atoms with Gasteiger partial charge in [0.1, 0.15) is 0 Å². The second kappa shape index (κ2) is 8.40. The fourth-order valence-corrected chi connectivity index (χ4v) is 2.74. The highest BCUT2D eigenvalue weighted by atomic mass is 35.5. The molecular weight excluding hydrogens is 284 g/mol. The Hall–Kier alpha value is -1.06. The Morgan fingerprint density at radius 1 is 1.29 bits per heavy atom. The predicted octanol–water partition coefficient (Wildman–Crippen LogP) is 3.11. The first kappa shape index (κ1) is 18.0. The number of hydrogen-bond acceptors (Lipinski definition) is 2. The van der Waals surface area contributed by atoms with Crippen LogP contribution in [0.3, 0.4) is 0 Å². The van der Waals surface area contributed by atoms with Crippen LogP contribution in [-0.2, 0) is 11.2 Å². The highest BCUT2D eigenvalue weighted by molar-refractivity contribution is 5.85. The molecule has 1 amide bonds. The van der Waals surface area contributed by atoms with E-state index in [2.05, 4.69) is 38.1 Å². The molecule has 0 radical (unpaired) electrons. The molecule has 1 atom stereocenters. The van der Waals surface area contributed by atoms with Crippen molar-refractivity contribution >= 4 is 18.3 Å². The first-order valence-corrected chi connectivity index (χ1v) is 7.72. The minimum Gasteiger partial charge on any atom is -0.343 e. The molecule has 0 aromatic heterocycles. The zero-order chi connectivity index (χ0) is 14.5. The van der Waals surface area contributed by atoms with E-state index in [-0.39, 0.29) is 30.3 Å². The van der Waals surface area contributed by atoms with Crippen molar-refractivity contribution < 1.29 is 4.79 Å². The summed E-state index contributed by atoms with van der Waals surface area (Å²) in [7, 11) is 0. The molecule has 1 heterocycles. The first-order valence-electron chi connectivity index (χ1n) is 7.72. The molecule has 0 spiro atoms. The summed E-state index contributed by atoms with van der Waals surface area (Å²) in [6, 6.07) is 8.91. The van der Waals surface area contributed by atoms with Crippen LogP contribution in [0.5, 0.6) is 0 Å². The zero-order valence-electron chi connectivity index (χ0n) is 13.0. The average Bonchev–Trinajstić information content (AvgIpc) is 2.48. The normalized spacial score (nSPS) is 17.2. The van der Waals surface area contributed by atoms with Gasteiger partial charge in [0.15, 0.2) is 0 Å². The van der Waals surface area contributed by atoms with E-state index in [9.17, 15) is 4.79 Å². The number of nitrogens with zero attached hydrogens (tertiary/aromatic N) is 1. The van der Waals surface area contributed by atoms with Crippen molar-refractivity contribution in [2.75, 3.05) is 13.1 Å². The zero-order valence-corrected chi connectivity index (χ0v) is 13.9. The molecule has 1 aromatic carbocycles. The van der Waals surface area contributed by atoms with Crippen LogP contribution in [0.4, 0.5) is 0 Å². The number of nitrogens with two attached hydrogens (primary N) is 1. The van der Waals surface area contributed by atoms with Gasteiger partial charge in [0, 0.05) is 25.6 Å². The third-order valence-corrected chi connectivity index (χ3v) is 4.33. The Balaban J connectivity index is 0.00000220. The summed E-state index contributed by atoms with van der Waals surface area (Å²) >= 11 is 0. The lowest BCUT2D eigenvalue weighted by Crippen LogP contribution is -2.43. The van der Waals surface area contributed by atoms with Crippen molar-refractivity contribution in [2.24, 2.45) is 5.73 Å². The smallest absolute Gasteiger partial charge is 0.223 e. The summed E-state index contributed by atoms with van der Waals surface area (Å²) < 4.78 is 0. The molecule has 2 N–H and O–H groups in total. The summed E-state index contributed by atoms with van der Waals surface area (Å²) in [5.74, 6) is 0.549. The third kappa shape index (κ3) is 5.01. The van der Waals surface area contributed by atoms with E-state index >= 15 is 0 Å². The molecule has 1 aromatic rings. The van der Waals surface area contributed by atoms with Crippen LogP contribution < -0.4 is 5.73 Å². The van der Waals surface area contributed by atoms with Crippen molar-refractivity contribution in [1.82, 2.24) is 4.90 Å². The number of carbonyl (C=O) groups is 1. The highest BCUT2D eigenvalue weighted by Crippen LogP contribution is 2.21. The van der Waals surface area contributed by atoms with Gasteiger partial charge in [-0.25, -0.2) is 0 Å². The molecule has 0 saturated carbocycles. The second-order valence-electron chi connectivity index (χ2n) is 5.92. The van der Waals surface area contributed by atoms with Crippen molar-refractivity contribution in [3.63, 3.8) is 0 Å². The number of halogens is 1. The maximum atomic E-state index is 12.3. The van der Waals surface area contributed by atoms with Crippen molar-refractivity contribution in [3.05, 3.63) is 35.4 Å². The average molecular weight is 311 g/mol. The van der Waals surface area contributed by atoms with Crippen molar-refractivity contribution in [2.45, 2.75) is 51.5 Å². The SMILES string of the molecule is CCc1ccc(C(C)CC(=O)N2CCC(N)CC2)cc1.Cl. The molecule has 1 aliphatic heterocycles. The molecule has 118 valence electrons. The number of carbonyl (C=O) groups excluding carboxylic acids is 1. The Morgan fingerprint density at radius 2 is 1.86 bits per heavy atom. The van der Waals surface area contributed by atoms with Crippen LogP contribution in [0.1, 0.15) is 50.2 Å². The Morgan fingerprint density at radius 3 is 2.38 bits per heavy atom. The number of hydrogen-bond donors (Lipinski definition) is 1. The summed E-state index contributed by atoms with van der Waals surface area (Å²) in [5, 5.41) is 0. The highest BCUT2D eigenvalue weighted by Gasteiger charge is 2.22. The molecule has 3 nitrogen and oxygen atoms in total. The number of aryl methyl sites for hydroxylation is 1. The van der Waals surface area contributed by atoms with Crippen LogP contribution >= 0.6 is 12.4 Å². The van der Waals surface area contributed by atoms with Gasteiger partial charge in [-0.15, -0.1) is 12.4 Å². The van der Waals surface area contributed by atoms with Gasteiger partial charge < -0.3 is 10.6 Å². The topological polar surface area (TPSA) is 46.3 Å². The number of likely N-dealkylation sites (tertiary alicyclic amines) is 1. The maximum absolute atomic E-state index is 12.3. The summed E-state index contributed by atoms with van der Waals surface area (Å²) in [6.45, 7) is 5.93. The molecule has 4 heteroatoms. The van der Waals surface area contributed by atoms with E-state index in [4.69, 9.17) is 5.73 Å². The second-order valence-corrected chi connectivity index (χ2v) is 5.92. The van der Waals surface area contributed by atoms with Gasteiger partial charge in [0.25, 0.3) is 0 Å². The molecule has 1 saturated heterocycles.